The lowest BCUT2D eigenvalue weighted by Gasteiger charge is -2.52. The van der Waals surface area contributed by atoms with E-state index in [1.807, 2.05) is 0 Å². The van der Waals surface area contributed by atoms with Crippen molar-refractivity contribution in [2.24, 2.45) is 11.3 Å². The summed E-state index contributed by atoms with van der Waals surface area (Å²) in [6, 6.07) is 0.527. The Morgan fingerprint density at radius 2 is 1.81 bits per heavy atom. The number of hydrogen-bond donors (Lipinski definition) is 1. The molecule has 0 radical (unpaired) electrons. The van der Waals surface area contributed by atoms with Crippen LogP contribution in [0.5, 0.6) is 0 Å². The lowest BCUT2D eigenvalue weighted by Crippen LogP contribution is -2.66. The van der Waals surface area contributed by atoms with Gasteiger partial charge in [-0.2, -0.15) is 0 Å². The van der Waals surface area contributed by atoms with Gasteiger partial charge >= 0.3 is 0 Å². The zero-order chi connectivity index (χ0) is 11.8. The van der Waals surface area contributed by atoms with Crippen LogP contribution in [-0.2, 0) is 9.47 Å². The van der Waals surface area contributed by atoms with Gasteiger partial charge in [0.1, 0.15) is 5.72 Å². The Morgan fingerprint density at radius 1 is 1.19 bits per heavy atom. The van der Waals surface area contributed by atoms with Gasteiger partial charge in [0, 0.05) is 24.3 Å². The summed E-state index contributed by atoms with van der Waals surface area (Å²) >= 11 is 0. The summed E-state index contributed by atoms with van der Waals surface area (Å²) in [5.74, 6) is 0.638. The highest BCUT2D eigenvalue weighted by Crippen LogP contribution is 2.37. The molecule has 0 amide bonds. The molecule has 0 aromatic carbocycles. The normalized spacial score (nSPS) is 33.2. The van der Waals surface area contributed by atoms with Crippen molar-refractivity contribution >= 4 is 0 Å². The first-order valence-electron chi connectivity index (χ1n) is 6.45. The highest BCUT2D eigenvalue weighted by atomic mass is 16.5. The van der Waals surface area contributed by atoms with Crippen LogP contribution in [0.1, 0.15) is 40.5 Å². The van der Waals surface area contributed by atoms with E-state index in [4.69, 9.17) is 9.47 Å². The minimum Gasteiger partial charge on any atom is -0.381 e. The number of hydrogen-bond acceptors (Lipinski definition) is 3. The Labute approximate surface area is 98.9 Å². The average Bonchev–Trinajstić information content (AvgIpc) is 2.23. The van der Waals surface area contributed by atoms with Crippen LogP contribution in [0.25, 0.3) is 0 Å². The quantitative estimate of drug-likeness (QED) is 0.744. The van der Waals surface area contributed by atoms with Crippen LogP contribution in [0.15, 0.2) is 0 Å². The van der Waals surface area contributed by atoms with Crippen LogP contribution in [0, 0.1) is 11.3 Å². The Balaban J connectivity index is 2.10. The van der Waals surface area contributed by atoms with Gasteiger partial charge in [-0.3, -0.25) is 5.32 Å². The molecule has 16 heavy (non-hydrogen) atoms. The first-order valence-corrected chi connectivity index (χ1v) is 6.45. The third-order valence-electron chi connectivity index (χ3n) is 3.95. The molecular formula is C13H25NO2. The summed E-state index contributed by atoms with van der Waals surface area (Å²) in [4.78, 5) is 0. The summed E-state index contributed by atoms with van der Waals surface area (Å²) in [7, 11) is 0. The molecule has 0 saturated carbocycles. The van der Waals surface area contributed by atoms with Crippen molar-refractivity contribution in [1.29, 1.82) is 0 Å². The molecule has 2 heterocycles. The van der Waals surface area contributed by atoms with Gasteiger partial charge in [0.05, 0.1) is 19.8 Å². The van der Waals surface area contributed by atoms with Gasteiger partial charge in [0.25, 0.3) is 0 Å². The Morgan fingerprint density at radius 3 is 2.38 bits per heavy atom. The zero-order valence-electron chi connectivity index (χ0n) is 11.0. The van der Waals surface area contributed by atoms with Crippen LogP contribution >= 0.6 is 0 Å². The number of rotatable bonds is 1. The summed E-state index contributed by atoms with van der Waals surface area (Å²) in [6.07, 6.45) is 1.96. The standard InChI is InChI=1S/C13H25NO2/c1-10(2)11-12(3,4)9-16-13(14-11)5-7-15-8-6-13/h10-11,14H,5-9H2,1-4H3. The second-order valence-electron chi connectivity index (χ2n) is 6.25. The SMILES string of the molecule is CC(C)C1NC2(CCOCC2)OCC1(C)C. The summed E-state index contributed by atoms with van der Waals surface area (Å²) in [5, 5.41) is 3.76. The summed E-state index contributed by atoms with van der Waals surface area (Å²) in [6.45, 7) is 11.6. The third kappa shape index (κ3) is 2.27. The molecule has 94 valence electrons. The molecular weight excluding hydrogens is 202 g/mol. The molecule has 3 heteroatoms. The van der Waals surface area contributed by atoms with E-state index in [1.54, 1.807) is 0 Å². The number of nitrogens with one attached hydrogen (secondary N) is 1. The van der Waals surface area contributed by atoms with E-state index < -0.39 is 0 Å². The van der Waals surface area contributed by atoms with Crippen LogP contribution in [0.3, 0.4) is 0 Å². The zero-order valence-corrected chi connectivity index (χ0v) is 11.0. The maximum Gasteiger partial charge on any atom is 0.123 e. The lowest BCUT2D eigenvalue weighted by atomic mass is 9.76. The van der Waals surface area contributed by atoms with Gasteiger partial charge < -0.3 is 9.47 Å². The van der Waals surface area contributed by atoms with Crippen molar-refractivity contribution in [1.82, 2.24) is 5.32 Å². The Bertz CT molecular complexity index is 244. The predicted octanol–water partition coefficient (Wildman–Crippen LogP) is 2.16. The molecule has 0 aromatic heterocycles. The maximum atomic E-state index is 6.11. The van der Waals surface area contributed by atoms with Crippen molar-refractivity contribution in [3.05, 3.63) is 0 Å². The van der Waals surface area contributed by atoms with Crippen LogP contribution in [0.4, 0.5) is 0 Å². The minimum atomic E-state index is -0.108. The van der Waals surface area contributed by atoms with E-state index in [0.717, 1.165) is 32.7 Å². The first kappa shape index (κ1) is 12.3. The van der Waals surface area contributed by atoms with Crippen molar-refractivity contribution in [2.45, 2.75) is 52.3 Å². The molecule has 1 atom stereocenters. The van der Waals surface area contributed by atoms with Crippen molar-refractivity contribution in [3.63, 3.8) is 0 Å². The fourth-order valence-corrected chi connectivity index (χ4v) is 2.99. The topological polar surface area (TPSA) is 30.5 Å². The molecule has 1 N–H and O–H groups in total. The third-order valence-corrected chi connectivity index (χ3v) is 3.95. The molecule has 2 fully saturated rings. The van der Waals surface area contributed by atoms with Gasteiger partial charge in [-0.1, -0.05) is 27.7 Å². The van der Waals surface area contributed by atoms with E-state index in [2.05, 4.69) is 33.0 Å². The molecule has 3 nitrogen and oxygen atoms in total. The molecule has 2 aliphatic heterocycles. The molecule has 2 rings (SSSR count). The fourth-order valence-electron chi connectivity index (χ4n) is 2.99. The lowest BCUT2D eigenvalue weighted by molar-refractivity contribution is -0.197. The highest BCUT2D eigenvalue weighted by molar-refractivity contribution is 4.97. The van der Waals surface area contributed by atoms with Gasteiger partial charge in [0.2, 0.25) is 0 Å². The predicted molar refractivity (Wildman–Crippen MR) is 64.3 cm³/mol. The van der Waals surface area contributed by atoms with Crippen molar-refractivity contribution in [2.75, 3.05) is 19.8 Å². The van der Waals surface area contributed by atoms with E-state index in [-0.39, 0.29) is 11.1 Å². The molecule has 0 bridgehead atoms. The molecule has 0 aliphatic carbocycles. The Kier molecular flexibility index (Phi) is 3.30. The summed E-state index contributed by atoms with van der Waals surface area (Å²) < 4.78 is 11.5. The van der Waals surface area contributed by atoms with E-state index >= 15 is 0 Å². The summed E-state index contributed by atoms with van der Waals surface area (Å²) in [5.41, 5.74) is 0.112. The first-order chi connectivity index (χ1) is 7.45. The fraction of sp³-hybridized carbons (Fsp3) is 1.00. The average molecular weight is 227 g/mol. The van der Waals surface area contributed by atoms with Crippen LogP contribution in [-0.4, -0.2) is 31.6 Å². The smallest absolute Gasteiger partial charge is 0.123 e. The minimum absolute atomic E-state index is 0.108. The Hall–Kier alpha value is -0.120. The van der Waals surface area contributed by atoms with Crippen LogP contribution in [0.2, 0.25) is 0 Å². The molecule has 1 unspecified atom stereocenters. The van der Waals surface area contributed by atoms with E-state index in [9.17, 15) is 0 Å². The molecule has 0 aromatic rings. The van der Waals surface area contributed by atoms with Crippen molar-refractivity contribution < 1.29 is 9.47 Å². The van der Waals surface area contributed by atoms with Gasteiger partial charge in [0.15, 0.2) is 0 Å². The van der Waals surface area contributed by atoms with Gasteiger partial charge in [-0.05, 0) is 5.92 Å². The second kappa shape index (κ2) is 4.28. The van der Waals surface area contributed by atoms with E-state index in [1.165, 1.54) is 0 Å². The second-order valence-corrected chi connectivity index (χ2v) is 6.25. The monoisotopic (exact) mass is 227 g/mol. The van der Waals surface area contributed by atoms with Gasteiger partial charge in [-0.15, -0.1) is 0 Å². The molecule has 2 saturated heterocycles. The van der Waals surface area contributed by atoms with E-state index in [0.29, 0.717) is 12.0 Å². The molecule has 2 aliphatic rings. The van der Waals surface area contributed by atoms with Crippen LogP contribution < -0.4 is 5.32 Å². The van der Waals surface area contributed by atoms with Crippen molar-refractivity contribution in [3.8, 4) is 0 Å². The maximum absolute atomic E-state index is 6.11. The van der Waals surface area contributed by atoms with Gasteiger partial charge in [-0.25, -0.2) is 0 Å². The number of ether oxygens (including phenoxy) is 2. The highest BCUT2D eigenvalue weighted by Gasteiger charge is 2.46. The largest absolute Gasteiger partial charge is 0.381 e. The molecule has 1 spiro atoms.